The number of aromatic nitrogens is 2. The van der Waals surface area contributed by atoms with E-state index in [1.807, 2.05) is 0 Å². The topological polar surface area (TPSA) is 104 Å². The summed E-state index contributed by atoms with van der Waals surface area (Å²) in [4.78, 5) is 35.6. The monoisotopic (exact) mass is 371 g/mol. The highest BCUT2D eigenvalue weighted by atomic mass is 32.1. The summed E-state index contributed by atoms with van der Waals surface area (Å²) in [5, 5.41) is 16.7. The zero-order valence-corrected chi connectivity index (χ0v) is 14.4. The molecule has 0 N–H and O–H groups in total. The number of esters is 1. The van der Waals surface area contributed by atoms with E-state index >= 15 is 0 Å². The molecule has 0 aliphatic rings. The Labute approximate surface area is 151 Å². The van der Waals surface area contributed by atoms with Crippen LogP contribution in [-0.2, 0) is 4.74 Å². The second-order valence-corrected chi connectivity index (χ2v) is 6.08. The Kier molecular flexibility index (Phi) is 4.90. The van der Waals surface area contributed by atoms with Crippen LogP contribution in [0.4, 0.5) is 5.69 Å². The van der Waals surface area contributed by atoms with Gasteiger partial charge < -0.3 is 4.74 Å². The van der Waals surface area contributed by atoms with E-state index < -0.39 is 10.9 Å². The number of nitro groups is 1. The van der Waals surface area contributed by atoms with Gasteiger partial charge in [-0.25, -0.2) is 9.48 Å². The van der Waals surface area contributed by atoms with Crippen molar-refractivity contribution < 1.29 is 19.2 Å². The molecule has 8 nitrogen and oxygen atoms in total. The van der Waals surface area contributed by atoms with Gasteiger partial charge in [-0.2, -0.15) is 5.10 Å². The molecule has 0 atom stereocenters. The highest BCUT2D eigenvalue weighted by molar-refractivity contribution is 7.12. The lowest BCUT2D eigenvalue weighted by Gasteiger charge is -2.01. The van der Waals surface area contributed by atoms with E-state index in [1.165, 1.54) is 46.5 Å². The summed E-state index contributed by atoms with van der Waals surface area (Å²) < 4.78 is 6.31. The molecule has 9 heteroatoms. The molecule has 3 aromatic rings. The first-order valence-electron chi connectivity index (χ1n) is 7.61. The van der Waals surface area contributed by atoms with Crippen molar-refractivity contribution in [1.82, 2.24) is 9.78 Å². The molecule has 132 valence electrons. The summed E-state index contributed by atoms with van der Waals surface area (Å²) in [5.74, 6) is -1.04. The molecule has 0 radical (unpaired) electrons. The minimum absolute atomic E-state index is 0.0681. The number of ketones is 1. The first-order valence-corrected chi connectivity index (χ1v) is 8.49. The van der Waals surface area contributed by atoms with Crippen molar-refractivity contribution in [3.63, 3.8) is 0 Å². The van der Waals surface area contributed by atoms with Crippen LogP contribution >= 0.6 is 11.3 Å². The number of non-ortho nitro benzene ring substituents is 1. The second kappa shape index (κ2) is 7.28. The number of ether oxygens (including phenoxy) is 1. The Morgan fingerprint density at radius 1 is 1.27 bits per heavy atom. The molecule has 0 saturated heterocycles. The Morgan fingerprint density at radius 3 is 2.58 bits per heavy atom. The number of carbonyl (C=O) groups excluding carboxylic acids is 2. The van der Waals surface area contributed by atoms with Crippen LogP contribution < -0.4 is 0 Å². The molecule has 0 bridgehead atoms. The number of benzene rings is 1. The molecule has 0 amide bonds. The molecular weight excluding hydrogens is 358 g/mol. The lowest BCUT2D eigenvalue weighted by molar-refractivity contribution is -0.384. The van der Waals surface area contributed by atoms with Crippen molar-refractivity contribution in [3.05, 3.63) is 74.2 Å². The molecule has 26 heavy (non-hydrogen) atoms. The molecule has 2 aromatic heterocycles. The Balaban J connectivity index is 2.04. The SMILES string of the molecule is CCOC(=O)c1nn(-c2ccc([N+](=O)[O-])cc2)cc1C(=O)c1cccs1. The van der Waals surface area contributed by atoms with E-state index in [2.05, 4.69) is 5.10 Å². The van der Waals surface area contributed by atoms with Gasteiger partial charge in [-0.15, -0.1) is 11.3 Å². The summed E-state index contributed by atoms with van der Waals surface area (Å²) in [6.07, 6.45) is 1.43. The molecule has 2 heterocycles. The molecule has 0 aliphatic carbocycles. The van der Waals surface area contributed by atoms with Crippen LogP contribution in [0.15, 0.2) is 48.0 Å². The third kappa shape index (κ3) is 3.38. The average molecular weight is 371 g/mol. The molecular formula is C17H13N3O5S. The third-order valence-electron chi connectivity index (χ3n) is 3.50. The smallest absolute Gasteiger partial charge is 0.359 e. The van der Waals surface area contributed by atoms with E-state index in [4.69, 9.17) is 4.74 Å². The van der Waals surface area contributed by atoms with Crippen molar-refractivity contribution in [2.45, 2.75) is 6.92 Å². The van der Waals surface area contributed by atoms with E-state index in [9.17, 15) is 19.7 Å². The van der Waals surface area contributed by atoms with Gasteiger partial charge >= 0.3 is 5.97 Å². The van der Waals surface area contributed by atoms with Gasteiger partial charge in [-0.1, -0.05) is 6.07 Å². The Bertz CT molecular complexity index is 961. The van der Waals surface area contributed by atoms with E-state index in [-0.39, 0.29) is 29.3 Å². The van der Waals surface area contributed by atoms with Crippen LogP contribution in [0.2, 0.25) is 0 Å². The van der Waals surface area contributed by atoms with Gasteiger partial charge in [0.2, 0.25) is 5.78 Å². The van der Waals surface area contributed by atoms with Crippen LogP contribution in [0.1, 0.15) is 32.6 Å². The van der Waals surface area contributed by atoms with Crippen molar-refractivity contribution in [3.8, 4) is 5.69 Å². The van der Waals surface area contributed by atoms with Gasteiger partial charge in [0.15, 0.2) is 5.69 Å². The Morgan fingerprint density at radius 2 is 2.00 bits per heavy atom. The fourth-order valence-corrected chi connectivity index (χ4v) is 2.97. The van der Waals surface area contributed by atoms with Gasteiger partial charge in [-0.3, -0.25) is 14.9 Å². The fraction of sp³-hybridized carbons (Fsp3) is 0.118. The number of hydrogen-bond acceptors (Lipinski definition) is 7. The minimum Gasteiger partial charge on any atom is -0.461 e. The van der Waals surface area contributed by atoms with Gasteiger partial charge in [0.05, 0.1) is 27.7 Å². The first kappa shape index (κ1) is 17.5. The molecule has 0 spiro atoms. The van der Waals surface area contributed by atoms with Crippen LogP contribution in [0.3, 0.4) is 0 Å². The van der Waals surface area contributed by atoms with Gasteiger partial charge in [0, 0.05) is 18.3 Å². The van der Waals surface area contributed by atoms with Crippen LogP contribution in [0, 0.1) is 10.1 Å². The van der Waals surface area contributed by atoms with Crippen LogP contribution in [0.5, 0.6) is 0 Å². The number of nitrogens with zero attached hydrogens (tertiary/aromatic N) is 3. The summed E-state index contributed by atoms with van der Waals surface area (Å²) >= 11 is 1.26. The predicted molar refractivity (Wildman–Crippen MR) is 93.9 cm³/mol. The zero-order chi connectivity index (χ0) is 18.7. The maximum atomic E-state index is 12.7. The highest BCUT2D eigenvalue weighted by Gasteiger charge is 2.25. The van der Waals surface area contributed by atoms with Crippen molar-refractivity contribution in [1.29, 1.82) is 0 Å². The number of carbonyl (C=O) groups is 2. The maximum absolute atomic E-state index is 12.7. The lowest BCUT2D eigenvalue weighted by Crippen LogP contribution is -2.11. The molecule has 0 fully saturated rings. The van der Waals surface area contributed by atoms with Gasteiger partial charge in [0.25, 0.3) is 5.69 Å². The number of hydrogen-bond donors (Lipinski definition) is 0. The van der Waals surface area contributed by atoms with Gasteiger partial charge in [0.1, 0.15) is 0 Å². The van der Waals surface area contributed by atoms with E-state index in [1.54, 1.807) is 24.4 Å². The van der Waals surface area contributed by atoms with Gasteiger partial charge in [-0.05, 0) is 30.5 Å². The second-order valence-electron chi connectivity index (χ2n) is 5.14. The Hall–Kier alpha value is -3.33. The quantitative estimate of drug-likeness (QED) is 0.285. The summed E-state index contributed by atoms with van der Waals surface area (Å²) in [7, 11) is 0. The maximum Gasteiger partial charge on any atom is 0.359 e. The molecule has 0 aliphatic heterocycles. The lowest BCUT2D eigenvalue weighted by atomic mass is 10.1. The average Bonchev–Trinajstić information content (AvgIpc) is 3.31. The largest absolute Gasteiger partial charge is 0.461 e. The highest BCUT2D eigenvalue weighted by Crippen LogP contribution is 2.21. The number of rotatable bonds is 6. The first-order chi connectivity index (χ1) is 12.5. The van der Waals surface area contributed by atoms with Crippen LogP contribution in [-0.4, -0.2) is 33.1 Å². The molecule has 0 unspecified atom stereocenters. The van der Waals surface area contributed by atoms with Crippen molar-refractivity contribution >= 4 is 28.8 Å². The van der Waals surface area contributed by atoms with Crippen LogP contribution in [0.25, 0.3) is 5.69 Å². The molecule has 3 rings (SSSR count). The minimum atomic E-state index is -0.701. The predicted octanol–water partition coefficient (Wildman–Crippen LogP) is 3.25. The molecule has 1 aromatic carbocycles. The summed E-state index contributed by atoms with van der Waals surface area (Å²) in [6, 6.07) is 9.01. The number of thiophene rings is 1. The summed E-state index contributed by atoms with van der Waals surface area (Å²) in [6.45, 7) is 1.81. The fourth-order valence-electron chi connectivity index (χ4n) is 2.29. The number of nitro benzene ring substituents is 1. The van der Waals surface area contributed by atoms with E-state index in [0.717, 1.165) is 0 Å². The normalized spacial score (nSPS) is 10.5. The summed E-state index contributed by atoms with van der Waals surface area (Å²) in [5.41, 5.74) is 0.431. The standard InChI is InChI=1S/C17H13N3O5S/c1-2-25-17(22)15-13(16(21)14-4-3-9-26-14)10-19(18-15)11-5-7-12(8-6-11)20(23)24/h3-10H,2H2,1H3. The molecule has 0 saturated carbocycles. The third-order valence-corrected chi connectivity index (χ3v) is 4.37. The van der Waals surface area contributed by atoms with E-state index in [0.29, 0.717) is 10.6 Å². The van der Waals surface area contributed by atoms with Crippen molar-refractivity contribution in [2.24, 2.45) is 0 Å². The van der Waals surface area contributed by atoms with Crippen molar-refractivity contribution in [2.75, 3.05) is 6.61 Å². The zero-order valence-electron chi connectivity index (χ0n) is 13.6.